The van der Waals surface area contributed by atoms with Crippen LogP contribution in [-0.2, 0) is 9.47 Å². The topological polar surface area (TPSA) is 129 Å². The Morgan fingerprint density at radius 2 is 1.90 bits per heavy atom. The van der Waals surface area contributed by atoms with Gasteiger partial charge in [-0.05, 0) is 37.3 Å². The molecule has 3 atom stereocenters. The molecule has 1 heterocycles. The zero-order valence-corrected chi connectivity index (χ0v) is 17.3. The van der Waals surface area contributed by atoms with E-state index in [0.29, 0.717) is 22.6 Å². The summed E-state index contributed by atoms with van der Waals surface area (Å²) in [6, 6.07) is 14.7. The summed E-state index contributed by atoms with van der Waals surface area (Å²) in [4.78, 5) is 3.71. The molecule has 31 heavy (non-hydrogen) atoms. The van der Waals surface area contributed by atoms with E-state index in [-0.39, 0.29) is 6.02 Å². The maximum absolute atomic E-state index is 11.3. The second-order valence-electron chi connectivity index (χ2n) is 6.95. The van der Waals surface area contributed by atoms with Gasteiger partial charge in [-0.1, -0.05) is 18.2 Å². The monoisotopic (exact) mass is 422 g/mol. The first-order valence-electron chi connectivity index (χ1n) is 9.39. The van der Waals surface area contributed by atoms with Gasteiger partial charge in [0.1, 0.15) is 17.6 Å². The van der Waals surface area contributed by atoms with E-state index in [1.54, 1.807) is 55.6 Å². The Morgan fingerprint density at radius 1 is 1.19 bits per heavy atom. The molecule has 0 amide bonds. The summed E-state index contributed by atoms with van der Waals surface area (Å²) in [5, 5.41) is 32.7. The zero-order chi connectivity index (χ0) is 22.4. The highest BCUT2D eigenvalue weighted by atomic mass is 16.7. The predicted octanol–water partition coefficient (Wildman–Crippen LogP) is 2.24. The predicted molar refractivity (Wildman–Crippen MR) is 110 cm³/mol. The molecule has 0 spiro atoms. The van der Waals surface area contributed by atoms with E-state index in [1.807, 2.05) is 6.07 Å². The number of fused-ring (bicyclic) bond motifs is 1. The lowest BCUT2D eigenvalue weighted by Crippen LogP contribution is -2.62. The molecule has 0 bridgehead atoms. The number of nitrogens with one attached hydrogen (secondary N) is 1. The molecule has 0 radical (unpaired) electrons. The lowest BCUT2D eigenvalue weighted by Gasteiger charge is -2.46. The molecular formula is C22H22N4O5. The van der Waals surface area contributed by atoms with Crippen LogP contribution >= 0.6 is 0 Å². The number of rotatable bonds is 5. The molecule has 2 N–H and O–H groups in total. The van der Waals surface area contributed by atoms with E-state index < -0.39 is 24.0 Å². The van der Waals surface area contributed by atoms with E-state index in [1.165, 1.54) is 14.2 Å². The third kappa shape index (κ3) is 4.44. The van der Waals surface area contributed by atoms with Crippen LogP contribution in [0.3, 0.4) is 0 Å². The van der Waals surface area contributed by atoms with Crippen molar-refractivity contribution in [3.63, 3.8) is 0 Å². The lowest BCUT2D eigenvalue weighted by atomic mass is 9.84. The number of aliphatic hydroxyl groups is 1. The number of benzene rings is 2. The molecule has 9 heteroatoms. The number of aliphatic hydroxyl groups excluding tert-OH is 1. The number of hydrogen-bond acceptors (Lipinski definition) is 8. The van der Waals surface area contributed by atoms with Crippen molar-refractivity contribution in [1.82, 2.24) is 5.32 Å². The minimum Gasteiger partial charge on any atom is -0.479 e. The van der Waals surface area contributed by atoms with Crippen molar-refractivity contribution in [2.45, 2.75) is 31.0 Å². The van der Waals surface area contributed by atoms with Crippen molar-refractivity contribution in [1.29, 1.82) is 10.5 Å². The van der Waals surface area contributed by atoms with E-state index in [9.17, 15) is 10.4 Å². The molecule has 1 aliphatic rings. The van der Waals surface area contributed by atoms with Crippen LogP contribution in [0.5, 0.6) is 11.5 Å². The second kappa shape index (κ2) is 9.45. The maximum atomic E-state index is 11.3. The summed E-state index contributed by atoms with van der Waals surface area (Å²) < 4.78 is 22.5. The molecule has 2 aromatic rings. The van der Waals surface area contributed by atoms with Crippen LogP contribution < -0.4 is 14.8 Å². The van der Waals surface area contributed by atoms with Crippen LogP contribution in [0.1, 0.15) is 24.1 Å². The Morgan fingerprint density at radius 3 is 2.52 bits per heavy atom. The van der Waals surface area contributed by atoms with Gasteiger partial charge in [0.15, 0.2) is 11.9 Å². The normalized spacial score (nSPS) is 22.6. The number of para-hydroxylation sites is 1. The maximum Gasteiger partial charge on any atom is 0.306 e. The molecule has 0 unspecified atom stereocenters. The Kier molecular flexibility index (Phi) is 6.73. The van der Waals surface area contributed by atoms with Crippen LogP contribution in [0.2, 0.25) is 0 Å². The number of nitrogens with zero attached hydrogens (tertiary/aromatic N) is 3. The lowest BCUT2D eigenvalue weighted by molar-refractivity contribution is -0.238. The van der Waals surface area contributed by atoms with Crippen LogP contribution in [-0.4, -0.2) is 43.3 Å². The summed E-state index contributed by atoms with van der Waals surface area (Å²) in [6.45, 7) is 1.64. The van der Waals surface area contributed by atoms with Gasteiger partial charge in [0.25, 0.3) is 0 Å². The molecular weight excluding hydrogens is 400 g/mol. The number of methoxy groups -OCH3 is 2. The fourth-order valence-corrected chi connectivity index (χ4v) is 3.52. The fourth-order valence-electron chi connectivity index (χ4n) is 3.52. The first-order chi connectivity index (χ1) is 15.0. The van der Waals surface area contributed by atoms with E-state index in [2.05, 4.69) is 16.4 Å². The van der Waals surface area contributed by atoms with Gasteiger partial charge in [-0.3, -0.25) is 0 Å². The zero-order valence-electron chi connectivity index (χ0n) is 17.3. The van der Waals surface area contributed by atoms with Gasteiger partial charge in [-0.2, -0.15) is 10.5 Å². The Bertz CT molecular complexity index is 1030. The molecule has 0 saturated carbocycles. The average molecular weight is 422 g/mol. The summed E-state index contributed by atoms with van der Waals surface area (Å²) in [5.41, 5.74) is -0.452. The van der Waals surface area contributed by atoms with Crippen LogP contribution in [0, 0.1) is 22.8 Å². The first-order valence-corrected chi connectivity index (χ1v) is 9.39. The Balaban J connectivity index is 2.04. The number of amidine groups is 1. The van der Waals surface area contributed by atoms with Gasteiger partial charge in [0, 0.05) is 19.8 Å². The molecule has 0 aliphatic carbocycles. The third-order valence-corrected chi connectivity index (χ3v) is 4.99. The van der Waals surface area contributed by atoms with Gasteiger partial charge >= 0.3 is 6.02 Å². The number of ether oxygens (including phenoxy) is 4. The molecule has 3 rings (SSSR count). The summed E-state index contributed by atoms with van der Waals surface area (Å²) in [6.07, 6.45) is -0.458. The number of nitriles is 2. The molecule has 0 aromatic heterocycles. The van der Waals surface area contributed by atoms with Gasteiger partial charge in [0.2, 0.25) is 6.19 Å². The van der Waals surface area contributed by atoms with Crippen molar-refractivity contribution < 1.29 is 24.1 Å². The molecule has 0 fully saturated rings. The van der Waals surface area contributed by atoms with Crippen LogP contribution in [0.25, 0.3) is 0 Å². The minimum absolute atomic E-state index is 0.123. The highest BCUT2D eigenvalue weighted by Gasteiger charge is 2.52. The standard InChI is InChI=1S/C22H22N4O5/c1-22(20(28-2)29-3)19(27)18(16-11-14(12-23)9-10-17(16)31-22)26-21(25-13-24)30-15-7-5-4-6-8-15/h4-11,18-20,27H,1-3H3,(H,25,26)/t18-,19+,22+/m1/s1. The highest BCUT2D eigenvalue weighted by molar-refractivity contribution is 5.78. The molecule has 160 valence electrons. The highest BCUT2D eigenvalue weighted by Crippen LogP contribution is 2.42. The molecule has 9 nitrogen and oxygen atoms in total. The van der Waals surface area contributed by atoms with Gasteiger partial charge in [0.05, 0.1) is 17.7 Å². The minimum atomic E-state index is -1.33. The number of aliphatic imine (C=N–C) groups is 1. The third-order valence-electron chi connectivity index (χ3n) is 4.99. The van der Waals surface area contributed by atoms with Crippen LogP contribution in [0.4, 0.5) is 0 Å². The molecule has 0 saturated heterocycles. The fraction of sp³-hybridized carbons (Fsp3) is 0.318. The van der Waals surface area contributed by atoms with Crippen molar-refractivity contribution >= 4 is 6.02 Å². The smallest absolute Gasteiger partial charge is 0.306 e. The number of hydrogen-bond donors (Lipinski definition) is 2. The SMILES string of the molecule is COC(OC)[C@@]1(C)Oc2ccc(C#N)cc2[C@@H](NC(=NC#N)Oc2ccccc2)[C@@H]1O. The van der Waals surface area contributed by atoms with Crippen molar-refractivity contribution in [3.8, 4) is 23.8 Å². The second-order valence-corrected chi connectivity index (χ2v) is 6.95. The summed E-state index contributed by atoms with van der Waals surface area (Å²) >= 11 is 0. The van der Waals surface area contributed by atoms with Crippen molar-refractivity contribution in [2.75, 3.05) is 14.2 Å². The summed E-state index contributed by atoms with van der Waals surface area (Å²) in [7, 11) is 2.88. The van der Waals surface area contributed by atoms with Gasteiger partial charge in [-0.15, -0.1) is 4.99 Å². The quantitative estimate of drug-likeness (QED) is 0.325. The summed E-state index contributed by atoms with van der Waals surface area (Å²) in [5.74, 6) is 0.866. The van der Waals surface area contributed by atoms with Gasteiger partial charge in [-0.25, -0.2) is 0 Å². The van der Waals surface area contributed by atoms with Gasteiger partial charge < -0.3 is 29.4 Å². The van der Waals surface area contributed by atoms with Crippen molar-refractivity contribution in [3.05, 3.63) is 59.7 Å². The van der Waals surface area contributed by atoms with E-state index in [4.69, 9.17) is 24.2 Å². The molecule has 1 aliphatic heterocycles. The molecule has 2 aromatic carbocycles. The average Bonchev–Trinajstić information content (AvgIpc) is 2.78. The first kappa shape index (κ1) is 22.1. The Labute approximate surface area is 180 Å². The van der Waals surface area contributed by atoms with E-state index in [0.717, 1.165) is 0 Å². The largest absolute Gasteiger partial charge is 0.479 e. The van der Waals surface area contributed by atoms with E-state index >= 15 is 0 Å². The van der Waals surface area contributed by atoms with Crippen molar-refractivity contribution in [2.24, 2.45) is 4.99 Å². The Hall–Kier alpha value is -3.63. The van der Waals surface area contributed by atoms with Crippen LogP contribution in [0.15, 0.2) is 53.5 Å².